The van der Waals surface area contributed by atoms with Gasteiger partial charge in [-0.15, -0.1) is 0 Å². The number of aromatic nitrogens is 2. The topological polar surface area (TPSA) is 41.0 Å². The molecule has 4 nitrogen and oxygen atoms in total. The molecule has 0 aliphatic carbocycles. The second kappa shape index (κ2) is 6.41. The third-order valence-corrected chi connectivity index (χ3v) is 4.11. The molecule has 110 valence electrons. The molecule has 1 N–H and O–H groups in total. The summed E-state index contributed by atoms with van der Waals surface area (Å²) >= 11 is 6.12. The number of likely N-dealkylation sites (N-methyl/N-ethyl adjacent to an activating group) is 1. The van der Waals surface area contributed by atoms with Gasteiger partial charge < -0.3 is 10.2 Å². The Balaban J connectivity index is 1.75. The lowest BCUT2D eigenvalue weighted by Crippen LogP contribution is -2.31. The van der Waals surface area contributed by atoms with Crippen LogP contribution in [0.3, 0.4) is 0 Å². The van der Waals surface area contributed by atoms with Crippen LogP contribution in [0.25, 0.3) is 11.4 Å². The summed E-state index contributed by atoms with van der Waals surface area (Å²) in [5.41, 5.74) is 0.973. The zero-order chi connectivity index (χ0) is 14.7. The summed E-state index contributed by atoms with van der Waals surface area (Å²) in [5.74, 6) is 1.44. The van der Waals surface area contributed by atoms with Gasteiger partial charge in [0, 0.05) is 24.2 Å². The smallest absolute Gasteiger partial charge is 0.163 e. The summed E-state index contributed by atoms with van der Waals surface area (Å²) < 4.78 is 0. The number of hydrogen-bond donors (Lipinski definition) is 1. The van der Waals surface area contributed by atoms with Crippen molar-refractivity contribution in [1.29, 1.82) is 0 Å². The average molecular weight is 303 g/mol. The Morgan fingerprint density at radius 3 is 2.81 bits per heavy atom. The quantitative estimate of drug-likeness (QED) is 0.880. The number of nitrogens with one attached hydrogen (secondary N) is 1. The highest BCUT2D eigenvalue weighted by Crippen LogP contribution is 2.21. The maximum atomic E-state index is 6.12. The van der Waals surface area contributed by atoms with E-state index in [0.717, 1.165) is 17.9 Å². The average Bonchev–Trinajstić information content (AvgIpc) is 2.91. The van der Waals surface area contributed by atoms with E-state index in [1.54, 1.807) is 6.07 Å². The molecule has 1 unspecified atom stereocenters. The second-order valence-corrected chi connectivity index (χ2v) is 5.81. The van der Waals surface area contributed by atoms with Crippen LogP contribution in [0.4, 0.5) is 5.82 Å². The molecule has 0 saturated carbocycles. The van der Waals surface area contributed by atoms with Crippen molar-refractivity contribution >= 4 is 17.4 Å². The molecule has 0 radical (unpaired) electrons. The first-order valence-corrected chi connectivity index (χ1v) is 7.64. The molecule has 1 atom stereocenters. The van der Waals surface area contributed by atoms with Crippen LogP contribution >= 0.6 is 11.6 Å². The minimum Gasteiger partial charge on any atom is -0.368 e. The van der Waals surface area contributed by atoms with Gasteiger partial charge in [-0.2, -0.15) is 0 Å². The van der Waals surface area contributed by atoms with Gasteiger partial charge in [-0.25, -0.2) is 9.97 Å². The molecule has 3 rings (SSSR count). The molecule has 1 aliphatic heterocycles. The molecule has 1 aromatic heterocycles. The summed E-state index contributed by atoms with van der Waals surface area (Å²) in [6.45, 7) is 2.06. The van der Waals surface area contributed by atoms with E-state index in [-0.39, 0.29) is 0 Å². The van der Waals surface area contributed by atoms with Gasteiger partial charge in [0.05, 0.1) is 0 Å². The normalized spacial score (nSPS) is 18.9. The minimum absolute atomic E-state index is 0.464. The summed E-state index contributed by atoms with van der Waals surface area (Å²) in [5, 5.41) is 3.85. The number of rotatable bonds is 4. The van der Waals surface area contributed by atoms with Crippen molar-refractivity contribution in [2.24, 2.45) is 0 Å². The summed E-state index contributed by atoms with van der Waals surface area (Å²) in [6.07, 6.45) is 2.50. The standard InChI is InChI=1S/C16H19ClN4/c1-21-9-5-8-13(21)11-18-15-10-14(17)19-16(20-15)12-6-3-2-4-7-12/h2-4,6-7,10,13H,5,8-9,11H2,1H3,(H,18,19,20). The van der Waals surface area contributed by atoms with E-state index in [4.69, 9.17) is 11.6 Å². The Morgan fingerprint density at radius 1 is 1.29 bits per heavy atom. The highest BCUT2D eigenvalue weighted by molar-refractivity contribution is 6.29. The highest BCUT2D eigenvalue weighted by atomic mass is 35.5. The Hall–Kier alpha value is -1.65. The fourth-order valence-corrected chi connectivity index (χ4v) is 2.87. The van der Waals surface area contributed by atoms with Crippen molar-refractivity contribution in [3.63, 3.8) is 0 Å². The monoisotopic (exact) mass is 302 g/mol. The van der Waals surface area contributed by atoms with E-state index in [1.807, 2.05) is 30.3 Å². The molecule has 1 aromatic carbocycles. The Kier molecular flexibility index (Phi) is 4.36. The van der Waals surface area contributed by atoms with Crippen molar-refractivity contribution in [2.45, 2.75) is 18.9 Å². The number of anilines is 1. The lowest BCUT2D eigenvalue weighted by atomic mass is 10.2. The molecule has 0 bridgehead atoms. The Morgan fingerprint density at radius 2 is 2.10 bits per heavy atom. The largest absolute Gasteiger partial charge is 0.368 e. The van der Waals surface area contributed by atoms with E-state index >= 15 is 0 Å². The molecule has 2 aromatic rings. The van der Waals surface area contributed by atoms with Crippen molar-refractivity contribution in [3.05, 3.63) is 41.6 Å². The van der Waals surface area contributed by atoms with Crippen LogP contribution in [0.15, 0.2) is 36.4 Å². The van der Waals surface area contributed by atoms with Gasteiger partial charge in [-0.1, -0.05) is 41.9 Å². The summed E-state index contributed by atoms with van der Waals surface area (Å²) in [4.78, 5) is 11.3. The number of benzene rings is 1. The molecular formula is C16H19ClN4. The first kappa shape index (κ1) is 14.3. The van der Waals surface area contributed by atoms with Crippen LogP contribution in [-0.4, -0.2) is 41.0 Å². The van der Waals surface area contributed by atoms with Crippen LogP contribution in [0.2, 0.25) is 5.15 Å². The lowest BCUT2D eigenvalue weighted by molar-refractivity contribution is 0.322. The lowest BCUT2D eigenvalue weighted by Gasteiger charge is -2.20. The van der Waals surface area contributed by atoms with E-state index in [1.165, 1.54) is 19.4 Å². The minimum atomic E-state index is 0.464. The molecule has 1 aliphatic rings. The third kappa shape index (κ3) is 3.52. The van der Waals surface area contributed by atoms with Crippen LogP contribution in [0, 0.1) is 0 Å². The fraction of sp³-hybridized carbons (Fsp3) is 0.375. The molecule has 0 spiro atoms. The first-order valence-electron chi connectivity index (χ1n) is 7.26. The van der Waals surface area contributed by atoms with Crippen molar-refractivity contribution in [1.82, 2.24) is 14.9 Å². The van der Waals surface area contributed by atoms with Crippen molar-refractivity contribution in [2.75, 3.05) is 25.5 Å². The van der Waals surface area contributed by atoms with Crippen LogP contribution < -0.4 is 5.32 Å². The fourth-order valence-electron chi connectivity index (χ4n) is 2.68. The number of nitrogens with zero attached hydrogens (tertiary/aromatic N) is 3. The van der Waals surface area contributed by atoms with Crippen LogP contribution in [0.1, 0.15) is 12.8 Å². The van der Waals surface area contributed by atoms with Gasteiger partial charge in [-0.05, 0) is 26.4 Å². The van der Waals surface area contributed by atoms with Crippen LogP contribution in [0.5, 0.6) is 0 Å². The number of hydrogen-bond acceptors (Lipinski definition) is 4. The number of likely N-dealkylation sites (tertiary alicyclic amines) is 1. The molecule has 1 fully saturated rings. The SMILES string of the molecule is CN1CCCC1CNc1cc(Cl)nc(-c2ccccc2)n1. The predicted molar refractivity (Wildman–Crippen MR) is 86.6 cm³/mol. The maximum Gasteiger partial charge on any atom is 0.163 e. The molecular weight excluding hydrogens is 284 g/mol. The van der Waals surface area contributed by atoms with E-state index in [9.17, 15) is 0 Å². The predicted octanol–water partition coefficient (Wildman–Crippen LogP) is 3.30. The van der Waals surface area contributed by atoms with E-state index in [2.05, 4.69) is 27.2 Å². The van der Waals surface area contributed by atoms with E-state index < -0.39 is 0 Å². The molecule has 1 saturated heterocycles. The zero-order valence-corrected chi connectivity index (χ0v) is 12.8. The molecule has 5 heteroatoms. The van der Waals surface area contributed by atoms with Crippen molar-refractivity contribution < 1.29 is 0 Å². The van der Waals surface area contributed by atoms with Gasteiger partial charge in [0.1, 0.15) is 11.0 Å². The first-order chi connectivity index (χ1) is 10.2. The molecule has 2 heterocycles. The molecule has 0 amide bonds. The van der Waals surface area contributed by atoms with Gasteiger partial charge in [0.2, 0.25) is 0 Å². The zero-order valence-electron chi connectivity index (χ0n) is 12.1. The maximum absolute atomic E-state index is 6.12. The van der Waals surface area contributed by atoms with Crippen LogP contribution in [-0.2, 0) is 0 Å². The summed E-state index contributed by atoms with van der Waals surface area (Å²) in [7, 11) is 2.17. The summed E-state index contributed by atoms with van der Waals surface area (Å²) in [6, 6.07) is 12.2. The van der Waals surface area contributed by atoms with Crippen molar-refractivity contribution in [3.8, 4) is 11.4 Å². The molecule has 21 heavy (non-hydrogen) atoms. The van der Waals surface area contributed by atoms with Gasteiger partial charge in [0.25, 0.3) is 0 Å². The Bertz CT molecular complexity index is 602. The third-order valence-electron chi connectivity index (χ3n) is 3.92. The number of halogens is 1. The van der Waals surface area contributed by atoms with Gasteiger partial charge >= 0.3 is 0 Å². The highest BCUT2D eigenvalue weighted by Gasteiger charge is 2.20. The van der Waals surface area contributed by atoms with Gasteiger partial charge in [-0.3, -0.25) is 0 Å². The second-order valence-electron chi connectivity index (χ2n) is 5.42. The van der Waals surface area contributed by atoms with Gasteiger partial charge in [0.15, 0.2) is 5.82 Å². The van der Waals surface area contributed by atoms with E-state index in [0.29, 0.717) is 17.0 Å². The Labute approximate surface area is 130 Å².